The first-order valence-electron chi connectivity index (χ1n) is 7.67. The Morgan fingerprint density at radius 1 is 1.35 bits per heavy atom. The van der Waals surface area contributed by atoms with Crippen LogP contribution in [-0.4, -0.2) is 18.6 Å². The first kappa shape index (κ1) is 15.7. The number of rotatable bonds is 5. The maximum atomic E-state index is 6.51. The summed E-state index contributed by atoms with van der Waals surface area (Å²) in [5.41, 5.74) is 2.67. The predicted octanol–water partition coefficient (Wildman–Crippen LogP) is 4.46. The lowest BCUT2D eigenvalue weighted by molar-refractivity contribution is 0.518. The molecule has 1 heterocycles. The van der Waals surface area contributed by atoms with E-state index in [0.29, 0.717) is 5.92 Å². The Kier molecular flexibility index (Phi) is 4.98. The molecule has 0 bridgehead atoms. The standard InChI is InChI=1S/C17H27ClN2/c1-13(2)11-19-12-14-6-7-16(15(18)10-14)20-9-5-8-17(20,3)4/h6-7,10,13,19H,5,8-9,11-12H2,1-4H3. The van der Waals surface area contributed by atoms with Crippen molar-refractivity contribution in [2.24, 2.45) is 5.92 Å². The summed E-state index contributed by atoms with van der Waals surface area (Å²) in [4.78, 5) is 2.45. The van der Waals surface area contributed by atoms with Crippen molar-refractivity contribution < 1.29 is 0 Å². The van der Waals surface area contributed by atoms with Gasteiger partial charge in [0.1, 0.15) is 0 Å². The average Bonchev–Trinajstić information content (AvgIpc) is 2.69. The minimum atomic E-state index is 0.223. The average molecular weight is 295 g/mol. The molecular formula is C17H27ClN2. The highest BCUT2D eigenvalue weighted by Gasteiger charge is 2.32. The maximum absolute atomic E-state index is 6.51. The number of nitrogens with zero attached hydrogens (tertiary/aromatic N) is 1. The second-order valence-electron chi connectivity index (χ2n) is 6.88. The van der Waals surface area contributed by atoms with Gasteiger partial charge in [-0.2, -0.15) is 0 Å². The molecule has 0 amide bonds. The topological polar surface area (TPSA) is 15.3 Å². The smallest absolute Gasteiger partial charge is 0.0642 e. The van der Waals surface area contributed by atoms with Crippen LogP contribution < -0.4 is 10.2 Å². The number of hydrogen-bond donors (Lipinski definition) is 1. The lowest BCUT2D eigenvalue weighted by Crippen LogP contribution is -2.38. The highest BCUT2D eigenvalue weighted by Crippen LogP contribution is 2.37. The Morgan fingerprint density at radius 2 is 2.10 bits per heavy atom. The van der Waals surface area contributed by atoms with E-state index in [1.165, 1.54) is 24.1 Å². The van der Waals surface area contributed by atoms with Crippen molar-refractivity contribution in [3.05, 3.63) is 28.8 Å². The predicted molar refractivity (Wildman–Crippen MR) is 88.7 cm³/mol. The van der Waals surface area contributed by atoms with Gasteiger partial charge in [0.2, 0.25) is 0 Å². The van der Waals surface area contributed by atoms with Crippen LogP contribution in [0, 0.1) is 5.92 Å². The van der Waals surface area contributed by atoms with Crippen LogP contribution in [0.15, 0.2) is 18.2 Å². The quantitative estimate of drug-likeness (QED) is 0.862. The third kappa shape index (κ3) is 3.67. The zero-order valence-electron chi connectivity index (χ0n) is 13.2. The summed E-state index contributed by atoms with van der Waals surface area (Å²) >= 11 is 6.51. The van der Waals surface area contributed by atoms with Crippen LogP contribution in [0.3, 0.4) is 0 Å². The second-order valence-corrected chi connectivity index (χ2v) is 7.29. The molecule has 20 heavy (non-hydrogen) atoms. The molecule has 0 radical (unpaired) electrons. The van der Waals surface area contributed by atoms with Gasteiger partial charge in [-0.3, -0.25) is 0 Å². The molecule has 0 aromatic heterocycles. The van der Waals surface area contributed by atoms with Gasteiger partial charge in [-0.05, 0) is 56.8 Å². The molecule has 0 aliphatic carbocycles. The molecule has 0 unspecified atom stereocenters. The third-order valence-electron chi connectivity index (χ3n) is 4.09. The number of benzene rings is 1. The highest BCUT2D eigenvalue weighted by molar-refractivity contribution is 6.33. The van der Waals surface area contributed by atoms with E-state index in [4.69, 9.17) is 11.6 Å². The fraction of sp³-hybridized carbons (Fsp3) is 0.647. The van der Waals surface area contributed by atoms with Crippen molar-refractivity contribution in [3.8, 4) is 0 Å². The van der Waals surface area contributed by atoms with Crippen molar-refractivity contribution in [3.63, 3.8) is 0 Å². The molecule has 1 saturated heterocycles. The summed E-state index contributed by atoms with van der Waals surface area (Å²) in [6.07, 6.45) is 2.49. The minimum Gasteiger partial charge on any atom is -0.365 e. The second kappa shape index (κ2) is 6.36. The zero-order chi connectivity index (χ0) is 14.8. The summed E-state index contributed by atoms with van der Waals surface area (Å²) < 4.78 is 0. The number of anilines is 1. The van der Waals surface area contributed by atoms with Gasteiger partial charge >= 0.3 is 0 Å². The Morgan fingerprint density at radius 3 is 2.65 bits per heavy atom. The summed E-state index contributed by atoms with van der Waals surface area (Å²) in [6.45, 7) is 12.1. The van der Waals surface area contributed by atoms with E-state index in [0.717, 1.165) is 24.7 Å². The molecule has 1 fully saturated rings. The van der Waals surface area contributed by atoms with Gasteiger partial charge in [-0.25, -0.2) is 0 Å². The lowest BCUT2D eigenvalue weighted by atomic mass is 10.0. The normalized spacial score (nSPS) is 18.0. The summed E-state index contributed by atoms with van der Waals surface area (Å²) in [6, 6.07) is 6.49. The molecule has 1 aliphatic rings. The van der Waals surface area contributed by atoms with Gasteiger partial charge < -0.3 is 10.2 Å². The van der Waals surface area contributed by atoms with E-state index in [1.54, 1.807) is 0 Å². The molecule has 2 rings (SSSR count). The van der Waals surface area contributed by atoms with Crippen LogP contribution in [-0.2, 0) is 6.54 Å². The van der Waals surface area contributed by atoms with E-state index < -0.39 is 0 Å². The molecule has 1 aromatic carbocycles. The largest absolute Gasteiger partial charge is 0.365 e. The van der Waals surface area contributed by atoms with Gasteiger partial charge in [-0.1, -0.05) is 31.5 Å². The first-order chi connectivity index (χ1) is 9.40. The summed E-state index contributed by atoms with van der Waals surface area (Å²) in [7, 11) is 0. The minimum absolute atomic E-state index is 0.223. The fourth-order valence-electron chi connectivity index (χ4n) is 2.94. The SMILES string of the molecule is CC(C)CNCc1ccc(N2CCCC2(C)C)c(Cl)c1. The lowest BCUT2D eigenvalue weighted by Gasteiger charge is -2.34. The van der Waals surface area contributed by atoms with E-state index in [2.05, 4.69) is 56.1 Å². The molecule has 112 valence electrons. The molecule has 1 aromatic rings. The van der Waals surface area contributed by atoms with Crippen LogP contribution in [0.2, 0.25) is 5.02 Å². The molecule has 1 aliphatic heterocycles. The molecule has 0 saturated carbocycles. The maximum Gasteiger partial charge on any atom is 0.0642 e. The van der Waals surface area contributed by atoms with Crippen LogP contribution in [0.1, 0.15) is 46.1 Å². The Labute approximate surface area is 128 Å². The summed E-state index contributed by atoms with van der Waals surface area (Å²) in [5.74, 6) is 0.676. The zero-order valence-corrected chi connectivity index (χ0v) is 13.9. The van der Waals surface area contributed by atoms with Gasteiger partial charge in [0.05, 0.1) is 10.7 Å². The van der Waals surface area contributed by atoms with Crippen molar-refractivity contribution >= 4 is 17.3 Å². The van der Waals surface area contributed by atoms with E-state index in [9.17, 15) is 0 Å². The Bertz CT molecular complexity index is 454. The van der Waals surface area contributed by atoms with Crippen molar-refractivity contribution in [2.45, 2.75) is 52.6 Å². The van der Waals surface area contributed by atoms with E-state index in [1.807, 2.05) is 0 Å². The molecule has 1 N–H and O–H groups in total. The van der Waals surface area contributed by atoms with Crippen molar-refractivity contribution in [2.75, 3.05) is 18.0 Å². The van der Waals surface area contributed by atoms with E-state index in [-0.39, 0.29) is 5.54 Å². The Hall–Kier alpha value is -0.730. The van der Waals surface area contributed by atoms with Gasteiger partial charge in [0.15, 0.2) is 0 Å². The molecule has 3 heteroatoms. The monoisotopic (exact) mass is 294 g/mol. The fourth-order valence-corrected chi connectivity index (χ4v) is 3.24. The van der Waals surface area contributed by atoms with Gasteiger partial charge in [0.25, 0.3) is 0 Å². The van der Waals surface area contributed by atoms with Crippen LogP contribution >= 0.6 is 11.6 Å². The number of nitrogens with one attached hydrogen (secondary N) is 1. The van der Waals surface area contributed by atoms with Crippen molar-refractivity contribution in [1.82, 2.24) is 5.32 Å². The van der Waals surface area contributed by atoms with Crippen molar-refractivity contribution in [1.29, 1.82) is 0 Å². The third-order valence-corrected chi connectivity index (χ3v) is 4.39. The van der Waals surface area contributed by atoms with Crippen LogP contribution in [0.5, 0.6) is 0 Å². The van der Waals surface area contributed by atoms with E-state index >= 15 is 0 Å². The summed E-state index contributed by atoms with van der Waals surface area (Å²) in [5, 5.41) is 4.34. The van der Waals surface area contributed by atoms with Gasteiger partial charge in [0, 0.05) is 18.6 Å². The van der Waals surface area contributed by atoms with Gasteiger partial charge in [-0.15, -0.1) is 0 Å². The molecular weight excluding hydrogens is 268 g/mol. The van der Waals surface area contributed by atoms with Crippen LogP contribution in [0.25, 0.3) is 0 Å². The highest BCUT2D eigenvalue weighted by atomic mass is 35.5. The Balaban J connectivity index is 2.06. The first-order valence-corrected chi connectivity index (χ1v) is 8.05. The molecule has 0 atom stereocenters. The molecule has 2 nitrogen and oxygen atoms in total. The van der Waals surface area contributed by atoms with Crippen LogP contribution in [0.4, 0.5) is 5.69 Å². The number of hydrogen-bond acceptors (Lipinski definition) is 2. The number of halogens is 1. The molecule has 0 spiro atoms.